The van der Waals surface area contributed by atoms with Gasteiger partial charge >= 0.3 is 5.97 Å². The quantitative estimate of drug-likeness (QED) is 0.600. The van der Waals surface area contributed by atoms with E-state index in [1.54, 1.807) is 0 Å². The van der Waals surface area contributed by atoms with Crippen LogP contribution in [0.15, 0.2) is 0 Å². The number of halogens is 1. The molecule has 0 atom stereocenters. The van der Waals surface area contributed by atoms with Gasteiger partial charge in [0.25, 0.3) is 0 Å². The lowest BCUT2D eigenvalue weighted by Crippen LogP contribution is -2.38. The van der Waals surface area contributed by atoms with Gasteiger partial charge in [0.15, 0.2) is 0 Å². The molecule has 0 amide bonds. The number of nitrogens with one attached hydrogen (secondary N) is 1. The number of rotatable bonds is 3. The third-order valence-corrected chi connectivity index (χ3v) is 1.06. The molecule has 0 saturated carbocycles. The molecule has 0 rings (SSSR count). The van der Waals surface area contributed by atoms with Crippen molar-refractivity contribution in [2.45, 2.75) is 33.2 Å². The van der Waals surface area contributed by atoms with Crippen LogP contribution in [0.5, 0.6) is 0 Å². The molecule has 74 valence electrons. The number of carbonyl (C=O) groups excluding carboxylic acids is 1. The minimum Gasteiger partial charge on any atom is -0.465 e. The third kappa shape index (κ3) is 12.6. The number of hydrogen-bond donors (Lipinski definition) is 1. The zero-order chi connectivity index (χ0) is 8.91. The molecule has 0 aliphatic rings. The van der Waals surface area contributed by atoms with Crippen LogP contribution in [0, 0.1) is 0 Å². The van der Waals surface area contributed by atoms with E-state index in [2.05, 4.69) is 26.1 Å². The maximum atomic E-state index is 10.3. The summed E-state index contributed by atoms with van der Waals surface area (Å²) in [6.45, 7) is 8.79. The zero-order valence-electron chi connectivity index (χ0n) is 8.14. The van der Waals surface area contributed by atoms with E-state index < -0.39 is 0 Å². The summed E-state index contributed by atoms with van der Waals surface area (Å²) in [5, 5.41) is 3.20. The van der Waals surface area contributed by atoms with Gasteiger partial charge in [-0.3, -0.25) is 4.79 Å². The van der Waals surface area contributed by atoms with Crippen molar-refractivity contribution in [1.82, 2.24) is 5.32 Å². The molecule has 0 unspecified atom stereocenters. The average Bonchev–Trinajstić information content (AvgIpc) is 1.78. The van der Waals surface area contributed by atoms with Crippen LogP contribution < -0.4 is 5.32 Å². The number of hydrogen-bond acceptors (Lipinski definition) is 3. The zero-order valence-corrected chi connectivity index (χ0v) is 9.85. The fourth-order valence-electron chi connectivity index (χ4n) is 0.621. The fraction of sp³-hybridized carbons (Fsp3) is 0.875. The van der Waals surface area contributed by atoms with Gasteiger partial charge in [-0.05, 0) is 20.8 Å². The number of carbonyl (C=O) groups is 1. The maximum absolute atomic E-state index is 10.3. The minimum atomic E-state index is -0.222. The Kier molecular flexibility index (Phi) is 7.73. The lowest BCUT2D eigenvalue weighted by molar-refractivity contribution is -0.140. The highest BCUT2D eigenvalue weighted by atomic mass is 79.9. The number of esters is 1. The van der Waals surface area contributed by atoms with Gasteiger partial charge in [-0.25, -0.2) is 0 Å². The Morgan fingerprint density at radius 3 is 2.25 bits per heavy atom. The molecule has 0 aliphatic heterocycles. The smallest absolute Gasteiger partial charge is 0.302 e. The topological polar surface area (TPSA) is 38.3 Å². The number of ether oxygens (including phenoxy) is 1. The summed E-state index contributed by atoms with van der Waals surface area (Å²) in [6.07, 6.45) is 0. The van der Waals surface area contributed by atoms with Crippen molar-refractivity contribution in [3.63, 3.8) is 0 Å². The van der Waals surface area contributed by atoms with Crippen molar-refractivity contribution in [2.24, 2.45) is 0 Å². The first-order valence-corrected chi connectivity index (χ1v) is 3.80. The molecule has 1 N–H and O–H groups in total. The van der Waals surface area contributed by atoms with Crippen molar-refractivity contribution in [3.05, 3.63) is 0 Å². The molecule has 0 aromatic rings. The van der Waals surface area contributed by atoms with Crippen molar-refractivity contribution in [1.29, 1.82) is 0 Å². The minimum absolute atomic E-state index is 0. The fourth-order valence-corrected chi connectivity index (χ4v) is 0.621. The van der Waals surface area contributed by atoms with Crippen LogP contribution in [-0.4, -0.2) is 24.7 Å². The Morgan fingerprint density at radius 1 is 1.42 bits per heavy atom. The average molecular weight is 240 g/mol. The molecule has 0 fully saturated rings. The summed E-state index contributed by atoms with van der Waals surface area (Å²) in [4.78, 5) is 10.3. The van der Waals surface area contributed by atoms with Crippen LogP contribution in [0.25, 0.3) is 0 Å². The molecule has 12 heavy (non-hydrogen) atoms. The van der Waals surface area contributed by atoms with Crippen molar-refractivity contribution in [2.75, 3.05) is 13.2 Å². The van der Waals surface area contributed by atoms with Gasteiger partial charge in [-0.2, -0.15) is 0 Å². The second-order valence-electron chi connectivity index (χ2n) is 3.52. The third-order valence-electron chi connectivity index (χ3n) is 1.06. The highest BCUT2D eigenvalue weighted by Gasteiger charge is 2.07. The van der Waals surface area contributed by atoms with Gasteiger partial charge in [0.1, 0.15) is 6.61 Å². The summed E-state index contributed by atoms with van der Waals surface area (Å²) in [7, 11) is 0. The van der Waals surface area contributed by atoms with Crippen LogP contribution in [0.2, 0.25) is 0 Å². The van der Waals surface area contributed by atoms with E-state index in [-0.39, 0.29) is 28.5 Å². The van der Waals surface area contributed by atoms with E-state index in [0.29, 0.717) is 13.2 Å². The van der Waals surface area contributed by atoms with Gasteiger partial charge in [0.05, 0.1) is 0 Å². The SMILES string of the molecule is Br.CC(=O)OCCNC(C)(C)C. The van der Waals surface area contributed by atoms with Crippen LogP contribution in [-0.2, 0) is 9.53 Å². The van der Waals surface area contributed by atoms with Gasteiger partial charge in [-0.1, -0.05) is 0 Å². The summed E-state index contributed by atoms with van der Waals surface area (Å²) >= 11 is 0. The predicted molar refractivity (Wildman–Crippen MR) is 54.7 cm³/mol. The lowest BCUT2D eigenvalue weighted by atomic mass is 10.1. The van der Waals surface area contributed by atoms with E-state index >= 15 is 0 Å². The maximum Gasteiger partial charge on any atom is 0.302 e. The van der Waals surface area contributed by atoms with E-state index in [1.807, 2.05) is 0 Å². The normalized spacial score (nSPS) is 10.3. The second kappa shape index (κ2) is 6.43. The molecule has 0 aromatic heterocycles. The molecule has 3 nitrogen and oxygen atoms in total. The summed E-state index contributed by atoms with van der Waals surface area (Å²) in [6, 6.07) is 0. The Bertz CT molecular complexity index is 132. The monoisotopic (exact) mass is 239 g/mol. The molecular weight excluding hydrogens is 222 g/mol. The molecule has 0 aromatic carbocycles. The Hall–Kier alpha value is -0.0900. The summed E-state index contributed by atoms with van der Waals surface area (Å²) < 4.78 is 4.74. The summed E-state index contributed by atoms with van der Waals surface area (Å²) in [5.41, 5.74) is 0.0974. The van der Waals surface area contributed by atoms with Crippen molar-refractivity contribution < 1.29 is 9.53 Å². The van der Waals surface area contributed by atoms with Gasteiger partial charge in [-0.15, -0.1) is 17.0 Å². The standard InChI is InChI=1S/C8H17NO2.BrH/c1-7(10)11-6-5-9-8(2,3)4;/h9H,5-6H2,1-4H3;1H. The van der Waals surface area contributed by atoms with Gasteiger partial charge in [0, 0.05) is 19.0 Å². The lowest BCUT2D eigenvalue weighted by Gasteiger charge is -2.19. The van der Waals surface area contributed by atoms with Crippen LogP contribution >= 0.6 is 17.0 Å². The Balaban J connectivity index is 0. The molecule has 0 spiro atoms. The highest BCUT2D eigenvalue weighted by Crippen LogP contribution is 1.96. The van der Waals surface area contributed by atoms with E-state index in [4.69, 9.17) is 4.74 Å². The molecule has 0 heterocycles. The molecule has 0 saturated heterocycles. The molecular formula is C8H18BrNO2. The molecule has 0 bridgehead atoms. The molecule has 0 aliphatic carbocycles. The molecule has 4 heteroatoms. The first-order chi connectivity index (χ1) is 4.92. The van der Waals surface area contributed by atoms with Crippen LogP contribution in [0.1, 0.15) is 27.7 Å². The van der Waals surface area contributed by atoms with Crippen molar-refractivity contribution >= 4 is 23.0 Å². The largest absolute Gasteiger partial charge is 0.465 e. The first-order valence-electron chi connectivity index (χ1n) is 3.80. The van der Waals surface area contributed by atoms with E-state index in [9.17, 15) is 4.79 Å². The van der Waals surface area contributed by atoms with Gasteiger partial charge in [0.2, 0.25) is 0 Å². The Labute approximate surface area is 84.6 Å². The van der Waals surface area contributed by atoms with Crippen LogP contribution in [0.3, 0.4) is 0 Å². The molecule has 0 radical (unpaired) electrons. The van der Waals surface area contributed by atoms with E-state index in [1.165, 1.54) is 6.92 Å². The Morgan fingerprint density at radius 2 is 1.92 bits per heavy atom. The second-order valence-corrected chi connectivity index (χ2v) is 3.52. The van der Waals surface area contributed by atoms with E-state index in [0.717, 1.165) is 0 Å². The van der Waals surface area contributed by atoms with Gasteiger partial charge < -0.3 is 10.1 Å². The summed E-state index contributed by atoms with van der Waals surface area (Å²) in [5.74, 6) is -0.222. The first kappa shape index (κ1) is 14.4. The van der Waals surface area contributed by atoms with Crippen molar-refractivity contribution in [3.8, 4) is 0 Å². The highest BCUT2D eigenvalue weighted by molar-refractivity contribution is 8.93. The predicted octanol–water partition coefficient (Wildman–Crippen LogP) is 1.52. The van der Waals surface area contributed by atoms with Crippen LogP contribution in [0.4, 0.5) is 0 Å².